The third-order valence-corrected chi connectivity index (χ3v) is 4.61. The van der Waals surface area contributed by atoms with Crippen molar-refractivity contribution in [2.75, 3.05) is 0 Å². The molecule has 0 fully saturated rings. The third-order valence-electron chi connectivity index (χ3n) is 3.41. The van der Waals surface area contributed by atoms with E-state index in [1.165, 1.54) is 4.88 Å². The summed E-state index contributed by atoms with van der Waals surface area (Å²) in [6, 6.07) is 12.0. The van der Waals surface area contributed by atoms with Gasteiger partial charge in [0.2, 0.25) is 0 Å². The molecule has 3 rings (SSSR count). The Morgan fingerprint density at radius 2 is 2.23 bits per heavy atom. The Hall–Kier alpha value is -1.62. The Bertz CT molecular complexity index is 683. The molecule has 1 atom stereocenters. The molecule has 2 aromatic heterocycles. The van der Waals surface area contributed by atoms with Crippen LogP contribution in [0.4, 0.5) is 0 Å². The summed E-state index contributed by atoms with van der Waals surface area (Å²) in [5, 5.41) is 2.83. The van der Waals surface area contributed by atoms with Crippen LogP contribution in [0, 0.1) is 0 Å². The Balaban J connectivity index is 1.63. The number of benzene rings is 1. The predicted octanol–water partition coefficient (Wildman–Crippen LogP) is 4.95. The number of aromatic nitrogens is 2. The average molecular weight is 333 g/mol. The van der Waals surface area contributed by atoms with Crippen LogP contribution in [-0.2, 0) is 17.9 Å². The molecule has 1 unspecified atom stereocenters. The van der Waals surface area contributed by atoms with E-state index in [4.69, 9.17) is 16.3 Å². The van der Waals surface area contributed by atoms with Crippen LogP contribution in [0.3, 0.4) is 0 Å². The summed E-state index contributed by atoms with van der Waals surface area (Å²) < 4.78 is 8.22. The highest BCUT2D eigenvalue weighted by atomic mass is 35.5. The first-order chi connectivity index (χ1) is 10.8. The van der Waals surface area contributed by atoms with E-state index < -0.39 is 0 Å². The molecule has 0 saturated heterocycles. The summed E-state index contributed by atoms with van der Waals surface area (Å²) >= 11 is 7.76. The van der Waals surface area contributed by atoms with E-state index in [-0.39, 0.29) is 6.10 Å². The molecule has 0 aliphatic heterocycles. The number of nitrogens with zero attached hydrogens (tertiary/aromatic N) is 2. The number of halogens is 1. The average Bonchev–Trinajstić information content (AvgIpc) is 3.21. The van der Waals surface area contributed by atoms with E-state index in [1.54, 1.807) is 17.5 Å². The zero-order valence-electron chi connectivity index (χ0n) is 12.1. The Morgan fingerprint density at radius 3 is 2.95 bits per heavy atom. The fourth-order valence-corrected chi connectivity index (χ4v) is 3.31. The molecule has 5 heteroatoms. The van der Waals surface area contributed by atoms with E-state index in [0.29, 0.717) is 6.61 Å². The fraction of sp³-hybridized carbons (Fsp3) is 0.235. The largest absolute Gasteiger partial charge is 0.368 e. The molecule has 1 aromatic carbocycles. The summed E-state index contributed by atoms with van der Waals surface area (Å²) in [5.74, 6) is 0. The van der Waals surface area contributed by atoms with E-state index >= 15 is 0 Å². The number of rotatable bonds is 7. The van der Waals surface area contributed by atoms with Crippen molar-refractivity contribution in [1.82, 2.24) is 9.55 Å². The van der Waals surface area contributed by atoms with Gasteiger partial charge >= 0.3 is 0 Å². The van der Waals surface area contributed by atoms with Gasteiger partial charge in [-0.05, 0) is 35.6 Å². The fourth-order valence-electron chi connectivity index (χ4n) is 2.29. The molecule has 0 aliphatic carbocycles. The molecular formula is C17H17ClN2OS. The minimum absolute atomic E-state index is 0.0846. The van der Waals surface area contributed by atoms with Crippen molar-refractivity contribution in [3.05, 3.63) is 76.0 Å². The highest BCUT2D eigenvalue weighted by molar-refractivity contribution is 7.10. The molecule has 3 nitrogen and oxygen atoms in total. The van der Waals surface area contributed by atoms with Crippen LogP contribution in [0.15, 0.2) is 60.5 Å². The van der Waals surface area contributed by atoms with Crippen LogP contribution in [0.2, 0.25) is 5.02 Å². The van der Waals surface area contributed by atoms with Gasteiger partial charge in [-0.15, -0.1) is 11.3 Å². The van der Waals surface area contributed by atoms with E-state index in [2.05, 4.69) is 27.1 Å². The first kappa shape index (κ1) is 15.3. The molecule has 3 aromatic rings. The molecule has 114 valence electrons. The quantitative estimate of drug-likeness (QED) is 0.612. The molecular weight excluding hydrogens is 316 g/mol. The van der Waals surface area contributed by atoms with Crippen LogP contribution in [0.5, 0.6) is 0 Å². The van der Waals surface area contributed by atoms with Crippen LogP contribution in [-0.4, -0.2) is 9.55 Å². The number of ether oxygens (including phenoxy) is 1. The number of thiophene rings is 1. The number of aryl methyl sites for hydroxylation is 1. The monoisotopic (exact) mass is 332 g/mol. The van der Waals surface area contributed by atoms with Crippen molar-refractivity contribution >= 4 is 22.9 Å². The second-order valence-corrected chi connectivity index (χ2v) is 6.45. The topological polar surface area (TPSA) is 27.1 Å². The standard InChI is InChI=1S/C17H17ClN2OS/c18-15-4-1-3-14(11-15)12-21-16(17-5-2-10-22-17)6-8-20-9-7-19-13-20/h1-5,7,9-11,13,16H,6,8,12H2. The molecule has 0 spiro atoms. The third kappa shape index (κ3) is 4.19. The van der Waals surface area contributed by atoms with Gasteiger partial charge in [0.15, 0.2) is 0 Å². The van der Waals surface area contributed by atoms with E-state index in [9.17, 15) is 0 Å². The lowest BCUT2D eigenvalue weighted by atomic mass is 10.2. The molecule has 22 heavy (non-hydrogen) atoms. The van der Waals surface area contributed by atoms with Gasteiger partial charge in [-0.1, -0.05) is 29.8 Å². The maximum Gasteiger partial charge on any atom is 0.0945 e. The summed E-state index contributed by atoms with van der Waals surface area (Å²) in [6.45, 7) is 1.45. The predicted molar refractivity (Wildman–Crippen MR) is 90.1 cm³/mol. The molecule has 0 amide bonds. The zero-order valence-corrected chi connectivity index (χ0v) is 13.6. The minimum Gasteiger partial charge on any atom is -0.368 e. The lowest BCUT2D eigenvalue weighted by Gasteiger charge is -2.17. The maximum atomic E-state index is 6.14. The molecule has 0 saturated carbocycles. The summed E-state index contributed by atoms with van der Waals surface area (Å²) in [7, 11) is 0. The highest BCUT2D eigenvalue weighted by Crippen LogP contribution is 2.27. The Kier molecular flexibility index (Phi) is 5.27. The van der Waals surface area contributed by atoms with Crippen LogP contribution >= 0.6 is 22.9 Å². The summed E-state index contributed by atoms with van der Waals surface area (Å²) in [6.07, 6.45) is 6.61. The smallest absolute Gasteiger partial charge is 0.0945 e. The van der Waals surface area contributed by atoms with E-state index in [1.807, 2.05) is 36.8 Å². The summed E-state index contributed by atoms with van der Waals surface area (Å²) in [5.41, 5.74) is 1.09. The van der Waals surface area contributed by atoms with Gasteiger partial charge in [-0.25, -0.2) is 4.98 Å². The summed E-state index contributed by atoms with van der Waals surface area (Å²) in [4.78, 5) is 5.33. The van der Waals surface area contributed by atoms with Gasteiger partial charge in [-0.2, -0.15) is 0 Å². The Morgan fingerprint density at radius 1 is 1.27 bits per heavy atom. The maximum absolute atomic E-state index is 6.14. The second kappa shape index (κ2) is 7.58. The Labute approximate surface area is 139 Å². The molecule has 2 heterocycles. The van der Waals surface area contributed by atoms with Gasteiger partial charge in [0.1, 0.15) is 0 Å². The molecule has 0 bridgehead atoms. The highest BCUT2D eigenvalue weighted by Gasteiger charge is 2.13. The van der Waals surface area contributed by atoms with Crippen LogP contribution < -0.4 is 0 Å². The normalized spacial score (nSPS) is 12.4. The van der Waals surface area contributed by atoms with Gasteiger partial charge in [0, 0.05) is 28.8 Å². The minimum atomic E-state index is 0.0846. The van der Waals surface area contributed by atoms with Gasteiger partial charge in [0.25, 0.3) is 0 Å². The van der Waals surface area contributed by atoms with Crippen molar-refractivity contribution in [2.24, 2.45) is 0 Å². The second-order valence-electron chi connectivity index (χ2n) is 5.03. The molecule has 0 radical (unpaired) electrons. The number of hydrogen-bond acceptors (Lipinski definition) is 3. The first-order valence-electron chi connectivity index (χ1n) is 7.16. The molecule has 0 N–H and O–H groups in total. The zero-order chi connectivity index (χ0) is 15.2. The van der Waals surface area contributed by atoms with Gasteiger partial charge in [0.05, 0.1) is 19.0 Å². The first-order valence-corrected chi connectivity index (χ1v) is 8.42. The van der Waals surface area contributed by atoms with E-state index in [0.717, 1.165) is 23.6 Å². The van der Waals surface area contributed by atoms with Crippen molar-refractivity contribution < 1.29 is 4.74 Å². The van der Waals surface area contributed by atoms with Crippen molar-refractivity contribution in [1.29, 1.82) is 0 Å². The van der Waals surface area contributed by atoms with Gasteiger partial charge in [-0.3, -0.25) is 0 Å². The SMILES string of the molecule is Clc1cccc(COC(CCn2ccnc2)c2cccs2)c1. The van der Waals surface area contributed by atoms with Crippen molar-refractivity contribution in [2.45, 2.75) is 25.7 Å². The van der Waals surface area contributed by atoms with Crippen LogP contribution in [0.25, 0.3) is 0 Å². The molecule has 0 aliphatic rings. The van der Waals surface area contributed by atoms with Crippen molar-refractivity contribution in [3.8, 4) is 0 Å². The number of imidazole rings is 1. The lowest BCUT2D eigenvalue weighted by molar-refractivity contribution is 0.0334. The van der Waals surface area contributed by atoms with Crippen molar-refractivity contribution in [3.63, 3.8) is 0 Å². The number of hydrogen-bond donors (Lipinski definition) is 0. The lowest BCUT2D eigenvalue weighted by Crippen LogP contribution is -2.07. The van der Waals surface area contributed by atoms with Crippen LogP contribution in [0.1, 0.15) is 23.0 Å². The van der Waals surface area contributed by atoms with Gasteiger partial charge < -0.3 is 9.30 Å².